The van der Waals surface area contributed by atoms with Crippen molar-refractivity contribution in [1.29, 1.82) is 0 Å². The number of hydrogen-bond acceptors (Lipinski definition) is 3. The Morgan fingerprint density at radius 1 is 1.27 bits per heavy atom. The first-order chi connectivity index (χ1) is 7.38. The molecule has 0 aromatic carbocycles. The second-order valence-corrected chi connectivity index (χ2v) is 4.31. The minimum Gasteiger partial charge on any atom is -0.367 e. The van der Waals surface area contributed by atoms with Gasteiger partial charge in [-0.25, -0.2) is 4.98 Å². The molecule has 1 heterocycles. The Balaban J connectivity index is 1.82. The smallest absolute Gasteiger partial charge is 0.126 e. The molecular formula is C12H19N3. The zero-order valence-corrected chi connectivity index (χ0v) is 9.02. The largest absolute Gasteiger partial charge is 0.367 e. The molecule has 0 amide bonds. The zero-order chi connectivity index (χ0) is 10.5. The lowest BCUT2D eigenvalue weighted by atomic mass is 9.86. The third kappa shape index (κ3) is 2.93. The van der Waals surface area contributed by atoms with E-state index in [4.69, 9.17) is 5.73 Å². The number of anilines is 1. The molecule has 0 aliphatic heterocycles. The summed E-state index contributed by atoms with van der Waals surface area (Å²) in [5.74, 6) is 1.74. The highest BCUT2D eigenvalue weighted by molar-refractivity contribution is 5.34. The van der Waals surface area contributed by atoms with Crippen LogP contribution in [0.2, 0.25) is 0 Å². The molecular weight excluding hydrogens is 186 g/mol. The molecule has 3 heteroatoms. The summed E-state index contributed by atoms with van der Waals surface area (Å²) in [6, 6.07) is 6.56. The first kappa shape index (κ1) is 10.4. The molecule has 3 N–H and O–H groups in total. The number of nitrogens with zero attached hydrogens (tertiary/aromatic N) is 1. The van der Waals surface area contributed by atoms with Gasteiger partial charge >= 0.3 is 0 Å². The quantitative estimate of drug-likeness (QED) is 0.793. The Kier molecular flexibility index (Phi) is 3.56. The molecule has 82 valence electrons. The highest BCUT2D eigenvalue weighted by atomic mass is 15.0. The standard InChI is InChI=1S/C12H19N3/c13-9-10-4-6-11(7-5-10)15-12-3-1-2-8-14-12/h1-3,8,10-11H,4-7,9,13H2,(H,14,15)/t10-,11-. The second kappa shape index (κ2) is 5.12. The first-order valence-corrected chi connectivity index (χ1v) is 5.76. The van der Waals surface area contributed by atoms with Gasteiger partial charge in [-0.15, -0.1) is 0 Å². The summed E-state index contributed by atoms with van der Waals surface area (Å²) in [5, 5.41) is 3.47. The Bertz CT molecular complexity index is 278. The van der Waals surface area contributed by atoms with E-state index in [0.717, 1.165) is 18.3 Å². The third-order valence-electron chi connectivity index (χ3n) is 3.20. The van der Waals surface area contributed by atoms with Gasteiger partial charge < -0.3 is 11.1 Å². The van der Waals surface area contributed by atoms with E-state index in [1.807, 2.05) is 24.4 Å². The summed E-state index contributed by atoms with van der Waals surface area (Å²) >= 11 is 0. The van der Waals surface area contributed by atoms with Gasteiger partial charge in [-0.05, 0) is 50.3 Å². The van der Waals surface area contributed by atoms with Gasteiger partial charge in [0.05, 0.1) is 0 Å². The molecule has 1 fully saturated rings. The molecule has 2 rings (SSSR count). The zero-order valence-electron chi connectivity index (χ0n) is 9.02. The van der Waals surface area contributed by atoms with Gasteiger partial charge in [0.15, 0.2) is 0 Å². The average molecular weight is 205 g/mol. The number of nitrogens with two attached hydrogens (primary N) is 1. The normalized spacial score (nSPS) is 26.2. The topological polar surface area (TPSA) is 50.9 Å². The molecule has 1 aliphatic carbocycles. The fourth-order valence-electron chi connectivity index (χ4n) is 2.20. The van der Waals surface area contributed by atoms with Crippen LogP contribution in [0.3, 0.4) is 0 Å². The highest BCUT2D eigenvalue weighted by Gasteiger charge is 2.19. The van der Waals surface area contributed by atoms with Gasteiger partial charge in [-0.2, -0.15) is 0 Å². The van der Waals surface area contributed by atoms with Crippen LogP contribution in [-0.4, -0.2) is 17.6 Å². The van der Waals surface area contributed by atoms with Gasteiger partial charge in [0.1, 0.15) is 5.82 Å². The Hall–Kier alpha value is -1.09. The van der Waals surface area contributed by atoms with E-state index in [9.17, 15) is 0 Å². The molecule has 1 saturated carbocycles. The van der Waals surface area contributed by atoms with Crippen molar-refractivity contribution >= 4 is 5.82 Å². The Morgan fingerprint density at radius 2 is 2.07 bits per heavy atom. The van der Waals surface area contributed by atoms with E-state index in [-0.39, 0.29) is 0 Å². The molecule has 1 aromatic rings. The number of hydrogen-bond donors (Lipinski definition) is 2. The fraction of sp³-hybridized carbons (Fsp3) is 0.583. The molecule has 0 bridgehead atoms. The average Bonchev–Trinajstić information content (AvgIpc) is 2.31. The van der Waals surface area contributed by atoms with Crippen LogP contribution in [0.5, 0.6) is 0 Å². The molecule has 1 aromatic heterocycles. The molecule has 0 radical (unpaired) electrons. The summed E-state index contributed by atoms with van der Waals surface area (Å²) in [6.45, 7) is 0.844. The number of rotatable bonds is 3. The lowest BCUT2D eigenvalue weighted by Crippen LogP contribution is -2.29. The van der Waals surface area contributed by atoms with Gasteiger partial charge in [-0.1, -0.05) is 6.07 Å². The van der Waals surface area contributed by atoms with Crippen LogP contribution in [0.15, 0.2) is 24.4 Å². The van der Waals surface area contributed by atoms with Crippen molar-refractivity contribution in [3.8, 4) is 0 Å². The maximum absolute atomic E-state index is 5.67. The minimum absolute atomic E-state index is 0.586. The number of pyridine rings is 1. The van der Waals surface area contributed by atoms with Crippen molar-refractivity contribution in [1.82, 2.24) is 4.98 Å². The SMILES string of the molecule is NC[C@H]1CC[C@H](Nc2ccccn2)CC1. The van der Waals surface area contributed by atoms with Gasteiger partial charge in [-0.3, -0.25) is 0 Å². The van der Waals surface area contributed by atoms with Gasteiger partial charge in [0.2, 0.25) is 0 Å². The fourth-order valence-corrected chi connectivity index (χ4v) is 2.20. The Morgan fingerprint density at radius 3 is 2.67 bits per heavy atom. The van der Waals surface area contributed by atoms with Crippen molar-refractivity contribution < 1.29 is 0 Å². The molecule has 1 aliphatic rings. The maximum Gasteiger partial charge on any atom is 0.126 e. The van der Waals surface area contributed by atoms with E-state index >= 15 is 0 Å². The summed E-state index contributed by atoms with van der Waals surface area (Å²) in [5.41, 5.74) is 5.67. The summed E-state index contributed by atoms with van der Waals surface area (Å²) in [4.78, 5) is 4.28. The van der Waals surface area contributed by atoms with Crippen LogP contribution in [0.4, 0.5) is 5.82 Å². The maximum atomic E-state index is 5.67. The van der Waals surface area contributed by atoms with Crippen molar-refractivity contribution in [2.45, 2.75) is 31.7 Å². The lowest BCUT2D eigenvalue weighted by Gasteiger charge is -2.28. The summed E-state index contributed by atoms with van der Waals surface area (Å²) < 4.78 is 0. The van der Waals surface area contributed by atoms with Crippen LogP contribution in [0, 0.1) is 5.92 Å². The van der Waals surface area contributed by atoms with Crippen LogP contribution in [0.25, 0.3) is 0 Å². The van der Waals surface area contributed by atoms with Crippen LogP contribution < -0.4 is 11.1 Å². The predicted molar refractivity (Wildman–Crippen MR) is 62.7 cm³/mol. The third-order valence-corrected chi connectivity index (χ3v) is 3.20. The van der Waals surface area contributed by atoms with Crippen molar-refractivity contribution in [2.24, 2.45) is 11.7 Å². The first-order valence-electron chi connectivity index (χ1n) is 5.76. The Labute approximate surface area is 91.1 Å². The molecule has 0 spiro atoms. The second-order valence-electron chi connectivity index (χ2n) is 4.31. The monoisotopic (exact) mass is 205 g/mol. The van der Waals surface area contributed by atoms with E-state index in [1.165, 1.54) is 25.7 Å². The van der Waals surface area contributed by atoms with E-state index in [0.29, 0.717) is 6.04 Å². The summed E-state index contributed by atoms with van der Waals surface area (Å²) in [6.07, 6.45) is 6.77. The van der Waals surface area contributed by atoms with E-state index < -0.39 is 0 Å². The van der Waals surface area contributed by atoms with Crippen LogP contribution in [-0.2, 0) is 0 Å². The molecule has 0 atom stereocenters. The minimum atomic E-state index is 0.586. The molecule has 15 heavy (non-hydrogen) atoms. The summed E-state index contributed by atoms with van der Waals surface area (Å²) in [7, 11) is 0. The predicted octanol–water partition coefficient (Wildman–Crippen LogP) is 2.01. The van der Waals surface area contributed by atoms with Crippen molar-refractivity contribution in [3.63, 3.8) is 0 Å². The van der Waals surface area contributed by atoms with Crippen molar-refractivity contribution in [2.75, 3.05) is 11.9 Å². The molecule has 3 nitrogen and oxygen atoms in total. The number of aromatic nitrogens is 1. The molecule has 0 saturated heterocycles. The van der Waals surface area contributed by atoms with Crippen LogP contribution >= 0.6 is 0 Å². The van der Waals surface area contributed by atoms with Crippen molar-refractivity contribution in [3.05, 3.63) is 24.4 Å². The van der Waals surface area contributed by atoms with Gasteiger partial charge in [0, 0.05) is 12.2 Å². The number of nitrogens with one attached hydrogen (secondary N) is 1. The van der Waals surface area contributed by atoms with E-state index in [1.54, 1.807) is 0 Å². The lowest BCUT2D eigenvalue weighted by molar-refractivity contribution is 0.344. The highest BCUT2D eigenvalue weighted by Crippen LogP contribution is 2.25. The molecule has 0 unspecified atom stereocenters. The van der Waals surface area contributed by atoms with Gasteiger partial charge in [0.25, 0.3) is 0 Å². The van der Waals surface area contributed by atoms with Crippen LogP contribution in [0.1, 0.15) is 25.7 Å². The van der Waals surface area contributed by atoms with E-state index in [2.05, 4.69) is 10.3 Å².